The summed E-state index contributed by atoms with van der Waals surface area (Å²) in [5.41, 5.74) is 6.21. The van der Waals surface area contributed by atoms with Gasteiger partial charge in [-0.2, -0.15) is 4.39 Å². The van der Waals surface area contributed by atoms with Crippen LogP contribution < -0.4 is 5.73 Å². The van der Waals surface area contributed by atoms with Crippen molar-refractivity contribution in [3.8, 4) is 0 Å². The monoisotopic (exact) mass is 170 g/mol. The summed E-state index contributed by atoms with van der Waals surface area (Å²) >= 11 is 0. The first-order chi connectivity index (χ1) is 5.61. The summed E-state index contributed by atoms with van der Waals surface area (Å²) in [5, 5.41) is 9.10. The highest BCUT2D eigenvalue weighted by Gasteiger charge is 2.11. The van der Waals surface area contributed by atoms with Gasteiger partial charge in [0.1, 0.15) is 0 Å². The highest BCUT2D eigenvalue weighted by Crippen LogP contribution is 2.12. The molecular formula is C8H11FN2O. The van der Waals surface area contributed by atoms with E-state index in [0.29, 0.717) is 5.56 Å². The van der Waals surface area contributed by atoms with Gasteiger partial charge < -0.3 is 10.8 Å². The number of aromatic nitrogens is 1. The third kappa shape index (κ3) is 1.99. The minimum Gasteiger partial charge on any atom is -0.391 e. The molecule has 0 unspecified atom stereocenters. The molecule has 0 fully saturated rings. The smallest absolute Gasteiger partial charge is 0.212 e. The first-order valence-corrected chi connectivity index (χ1v) is 3.66. The molecule has 3 N–H and O–H groups in total. The number of rotatable bonds is 2. The Balaban J connectivity index is 2.82. The minimum atomic E-state index is -0.655. The fraction of sp³-hybridized carbons (Fsp3) is 0.375. The van der Waals surface area contributed by atoms with Crippen molar-refractivity contribution in [2.24, 2.45) is 5.73 Å². The van der Waals surface area contributed by atoms with Crippen LogP contribution in [0.25, 0.3) is 0 Å². The van der Waals surface area contributed by atoms with E-state index in [1.165, 1.54) is 18.3 Å². The van der Waals surface area contributed by atoms with E-state index in [2.05, 4.69) is 4.98 Å². The Morgan fingerprint density at radius 3 is 2.67 bits per heavy atom. The fourth-order valence-electron chi connectivity index (χ4n) is 0.863. The molecule has 1 aromatic heterocycles. The van der Waals surface area contributed by atoms with Crippen LogP contribution in [0.5, 0.6) is 0 Å². The molecular weight excluding hydrogens is 159 g/mol. The fourth-order valence-corrected chi connectivity index (χ4v) is 0.863. The van der Waals surface area contributed by atoms with Gasteiger partial charge in [-0.3, -0.25) is 0 Å². The van der Waals surface area contributed by atoms with Gasteiger partial charge in [-0.25, -0.2) is 4.98 Å². The maximum atomic E-state index is 12.3. The molecule has 1 rings (SSSR count). The number of aliphatic hydroxyl groups is 1. The van der Waals surface area contributed by atoms with Crippen molar-refractivity contribution < 1.29 is 9.50 Å². The number of nitrogens with zero attached hydrogens (tertiary/aromatic N) is 1. The van der Waals surface area contributed by atoms with Crippen LogP contribution >= 0.6 is 0 Å². The molecule has 0 saturated carbocycles. The van der Waals surface area contributed by atoms with Crippen LogP contribution in [0, 0.1) is 5.95 Å². The van der Waals surface area contributed by atoms with Crippen molar-refractivity contribution in [3.63, 3.8) is 0 Å². The van der Waals surface area contributed by atoms with Gasteiger partial charge in [0.15, 0.2) is 0 Å². The summed E-state index contributed by atoms with van der Waals surface area (Å²) in [6.45, 7) is 1.58. The predicted molar refractivity (Wildman–Crippen MR) is 42.8 cm³/mol. The van der Waals surface area contributed by atoms with Gasteiger partial charge in [-0.15, -0.1) is 0 Å². The number of halogens is 1. The van der Waals surface area contributed by atoms with Crippen LogP contribution in [0.15, 0.2) is 18.3 Å². The summed E-state index contributed by atoms with van der Waals surface area (Å²) in [5.74, 6) is -0.545. The molecule has 0 amide bonds. The van der Waals surface area contributed by atoms with E-state index in [1.807, 2.05) is 0 Å². The molecule has 0 radical (unpaired) electrons. The van der Waals surface area contributed by atoms with Crippen LogP contribution in [-0.4, -0.2) is 16.2 Å². The Labute approximate surface area is 70.0 Å². The summed E-state index contributed by atoms with van der Waals surface area (Å²) in [7, 11) is 0. The van der Waals surface area contributed by atoms with Crippen molar-refractivity contribution in [1.29, 1.82) is 0 Å². The standard InChI is InChI=1S/C8H11FN2O/c1-5(12)8(10)6-2-3-7(9)11-4-6/h2-5,8,12H,10H2,1H3/t5-,8-/m0/s1. The highest BCUT2D eigenvalue weighted by molar-refractivity contribution is 5.14. The molecule has 0 aliphatic heterocycles. The van der Waals surface area contributed by atoms with Crippen LogP contribution in [-0.2, 0) is 0 Å². The molecule has 1 heterocycles. The second kappa shape index (κ2) is 3.60. The lowest BCUT2D eigenvalue weighted by atomic mass is 10.1. The SMILES string of the molecule is C[C@H](O)[C@H](N)c1ccc(F)nc1. The van der Waals surface area contributed by atoms with Crippen LogP contribution in [0.3, 0.4) is 0 Å². The van der Waals surface area contributed by atoms with Crippen molar-refractivity contribution in [3.05, 3.63) is 29.8 Å². The molecule has 1 aromatic rings. The highest BCUT2D eigenvalue weighted by atomic mass is 19.1. The molecule has 0 bridgehead atoms. The number of nitrogens with two attached hydrogens (primary N) is 1. The number of aliphatic hydroxyl groups excluding tert-OH is 1. The average Bonchev–Trinajstić information content (AvgIpc) is 2.04. The summed E-state index contributed by atoms with van der Waals surface area (Å²) in [6.07, 6.45) is 0.671. The quantitative estimate of drug-likeness (QED) is 0.639. The number of pyridine rings is 1. The third-order valence-electron chi connectivity index (χ3n) is 1.65. The summed E-state index contributed by atoms with van der Waals surface area (Å²) < 4.78 is 12.3. The molecule has 66 valence electrons. The lowest BCUT2D eigenvalue weighted by Crippen LogP contribution is -2.23. The van der Waals surface area contributed by atoms with E-state index < -0.39 is 18.1 Å². The Morgan fingerprint density at radius 2 is 2.25 bits per heavy atom. The van der Waals surface area contributed by atoms with Gasteiger partial charge in [0, 0.05) is 6.20 Å². The molecule has 12 heavy (non-hydrogen) atoms. The summed E-state index contributed by atoms with van der Waals surface area (Å²) in [4.78, 5) is 3.42. The maximum absolute atomic E-state index is 12.3. The zero-order valence-corrected chi connectivity index (χ0v) is 6.74. The van der Waals surface area contributed by atoms with E-state index in [1.54, 1.807) is 6.92 Å². The molecule has 0 aromatic carbocycles. The lowest BCUT2D eigenvalue weighted by Gasteiger charge is -2.13. The van der Waals surface area contributed by atoms with E-state index in [9.17, 15) is 4.39 Å². The first-order valence-electron chi connectivity index (χ1n) is 3.66. The van der Waals surface area contributed by atoms with Gasteiger partial charge in [0.25, 0.3) is 0 Å². The topological polar surface area (TPSA) is 59.1 Å². The third-order valence-corrected chi connectivity index (χ3v) is 1.65. The molecule has 3 nitrogen and oxygen atoms in total. The van der Waals surface area contributed by atoms with E-state index in [4.69, 9.17) is 10.8 Å². The van der Waals surface area contributed by atoms with E-state index in [0.717, 1.165) is 0 Å². The zero-order chi connectivity index (χ0) is 9.14. The molecule has 0 saturated heterocycles. The molecule has 4 heteroatoms. The molecule has 2 atom stereocenters. The normalized spacial score (nSPS) is 15.7. The van der Waals surface area contributed by atoms with Gasteiger partial charge in [-0.05, 0) is 18.6 Å². The van der Waals surface area contributed by atoms with Gasteiger partial charge in [0.05, 0.1) is 12.1 Å². The van der Waals surface area contributed by atoms with Gasteiger partial charge in [0.2, 0.25) is 5.95 Å². The van der Waals surface area contributed by atoms with Crippen LogP contribution in [0.4, 0.5) is 4.39 Å². The van der Waals surface area contributed by atoms with Crippen LogP contribution in [0.2, 0.25) is 0 Å². The average molecular weight is 170 g/mol. The van der Waals surface area contributed by atoms with Crippen molar-refractivity contribution in [2.45, 2.75) is 19.1 Å². The maximum Gasteiger partial charge on any atom is 0.212 e. The zero-order valence-electron chi connectivity index (χ0n) is 6.74. The van der Waals surface area contributed by atoms with Crippen molar-refractivity contribution in [2.75, 3.05) is 0 Å². The molecule has 0 aliphatic rings. The largest absolute Gasteiger partial charge is 0.391 e. The minimum absolute atomic E-state index is 0.502. The Morgan fingerprint density at radius 1 is 1.58 bits per heavy atom. The van der Waals surface area contributed by atoms with E-state index >= 15 is 0 Å². The van der Waals surface area contributed by atoms with Crippen molar-refractivity contribution in [1.82, 2.24) is 4.98 Å². The second-order valence-corrected chi connectivity index (χ2v) is 2.68. The van der Waals surface area contributed by atoms with Gasteiger partial charge >= 0.3 is 0 Å². The first kappa shape index (κ1) is 9.09. The molecule has 0 aliphatic carbocycles. The second-order valence-electron chi connectivity index (χ2n) is 2.68. The Kier molecular flexibility index (Phi) is 2.73. The lowest BCUT2D eigenvalue weighted by molar-refractivity contribution is 0.164. The Bertz CT molecular complexity index is 248. The predicted octanol–water partition coefficient (Wildman–Crippen LogP) is 0.601. The van der Waals surface area contributed by atoms with Crippen LogP contribution in [0.1, 0.15) is 18.5 Å². The molecule has 0 spiro atoms. The van der Waals surface area contributed by atoms with Crippen molar-refractivity contribution >= 4 is 0 Å². The number of hydrogen-bond acceptors (Lipinski definition) is 3. The van der Waals surface area contributed by atoms with Gasteiger partial charge in [-0.1, -0.05) is 6.07 Å². The number of hydrogen-bond donors (Lipinski definition) is 2. The van der Waals surface area contributed by atoms with E-state index in [-0.39, 0.29) is 0 Å². The Hall–Kier alpha value is -1.00. The summed E-state index contributed by atoms with van der Waals surface area (Å²) in [6, 6.07) is 2.23.